The number of hydrogen-bond donors (Lipinski definition) is 2. The molecule has 1 unspecified atom stereocenters. The average Bonchev–Trinajstić information content (AvgIpc) is 2.86. The molecular formula is C14H26ClN3O2S. The van der Waals surface area contributed by atoms with Crippen LogP contribution in [0.3, 0.4) is 0 Å². The van der Waals surface area contributed by atoms with Gasteiger partial charge in [0.25, 0.3) is 5.91 Å². The van der Waals surface area contributed by atoms with Crippen molar-refractivity contribution in [2.45, 2.75) is 39.7 Å². The van der Waals surface area contributed by atoms with Crippen molar-refractivity contribution in [3.63, 3.8) is 0 Å². The van der Waals surface area contributed by atoms with Gasteiger partial charge >= 0.3 is 0 Å². The maximum atomic E-state index is 11.9. The number of nitrogens with two attached hydrogens (primary N) is 1. The van der Waals surface area contributed by atoms with E-state index in [4.69, 9.17) is 10.5 Å². The van der Waals surface area contributed by atoms with Crippen LogP contribution in [0.4, 0.5) is 0 Å². The molecule has 0 aliphatic carbocycles. The summed E-state index contributed by atoms with van der Waals surface area (Å²) in [5.74, 6) is 0.325. The number of nitrogens with zero attached hydrogens (tertiary/aromatic N) is 1. The van der Waals surface area contributed by atoms with E-state index in [1.807, 2.05) is 6.92 Å². The Hall–Kier alpha value is -0.690. The van der Waals surface area contributed by atoms with Crippen molar-refractivity contribution in [3.8, 4) is 0 Å². The van der Waals surface area contributed by atoms with Gasteiger partial charge in [-0.25, -0.2) is 4.98 Å². The van der Waals surface area contributed by atoms with Crippen LogP contribution in [0.15, 0.2) is 5.38 Å². The molecule has 3 N–H and O–H groups in total. The monoisotopic (exact) mass is 335 g/mol. The van der Waals surface area contributed by atoms with Gasteiger partial charge in [-0.15, -0.1) is 23.7 Å². The zero-order valence-electron chi connectivity index (χ0n) is 12.9. The molecule has 1 aromatic rings. The molecule has 0 aromatic carbocycles. The average molecular weight is 336 g/mol. The fraction of sp³-hybridized carbons (Fsp3) is 0.714. The Labute approximate surface area is 137 Å². The Kier molecular flexibility index (Phi) is 10.6. The minimum absolute atomic E-state index is 0. The molecule has 0 spiro atoms. The second-order valence-corrected chi connectivity index (χ2v) is 5.89. The molecule has 0 aliphatic rings. The van der Waals surface area contributed by atoms with Crippen LogP contribution in [0.25, 0.3) is 0 Å². The summed E-state index contributed by atoms with van der Waals surface area (Å²) in [7, 11) is 0. The molecular weight excluding hydrogens is 310 g/mol. The molecule has 1 atom stereocenters. The van der Waals surface area contributed by atoms with Crippen molar-refractivity contribution in [1.82, 2.24) is 10.3 Å². The summed E-state index contributed by atoms with van der Waals surface area (Å²) in [6.45, 7) is 8.10. The first-order chi connectivity index (χ1) is 9.58. The first kappa shape index (κ1) is 20.3. The lowest BCUT2D eigenvalue weighted by Gasteiger charge is -2.20. The normalized spacial score (nSPS) is 12.0. The van der Waals surface area contributed by atoms with Gasteiger partial charge in [0.2, 0.25) is 0 Å². The van der Waals surface area contributed by atoms with Gasteiger partial charge < -0.3 is 15.8 Å². The van der Waals surface area contributed by atoms with Crippen LogP contribution >= 0.6 is 23.7 Å². The molecule has 7 heteroatoms. The molecule has 21 heavy (non-hydrogen) atoms. The van der Waals surface area contributed by atoms with E-state index in [9.17, 15) is 4.79 Å². The third-order valence-electron chi connectivity index (χ3n) is 2.98. The number of nitrogens with one attached hydrogen (secondary N) is 1. The summed E-state index contributed by atoms with van der Waals surface area (Å²) >= 11 is 1.48. The molecule has 1 heterocycles. The van der Waals surface area contributed by atoms with Crippen molar-refractivity contribution in [2.75, 3.05) is 19.7 Å². The Bertz CT molecular complexity index is 413. The number of carbonyl (C=O) groups is 1. The molecule has 5 nitrogen and oxygen atoms in total. The molecule has 0 bridgehead atoms. The number of aromatic nitrogens is 1. The van der Waals surface area contributed by atoms with E-state index in [2.05, 4.69) is 24.1 Å². The lowest BCUT2D eigenvalue weighted by Crippen LogP contribution is -2.30. The molecule has 122 valence electrons. The number of rotatable bonds is 9. The molecule has 0 saturated heterocycles. The highest BCUT2D eigenvalue weighted by atomic mass is 35.5. The standard InChI is InChI=1S/C14H25N3O2S.ClH/c1-4-19-12(10(2)3)6-8-16-14(18)11-9-20-13(17-11)5-7-15;/h9-10,12H,4-8,15H2,1-3H3,(H,16,18);1H. The highest BCUT2D eigenvalue weighted by molar-refractivity contribution is 7.09. The van der Waals surface area contributed by atoms with E-state index in [-0.39, 0.29) is 24.4 Å². The van der Waals surface area contributed by atoms with Gasteiger partial charge in [-0.05, 0) is 25.8 Å². The van der Waals surface area contributed by atoms with Crippen LogP contribution in [0, 0.1) is 5.92 Å². The van der Waals surface area contributed by atoms with Crippen LogP contribution in [-0.4, -0.2) is 36.7 Å². The second kappa shape index (κ2) is 11.0. The minimum Gasteiger partial charge on any atom is -0.378 e. The Morgan fingerprint density at radius 3 is 2.81 bits per heavy atom. The van der Waals surface area contributed by atoms with Crippen LogP contribution < -0.4 is 11.1 Å². The number of hydrogen-bond acceptors (Lipinski definition) is 5. The van der Waals surface area contributed by atoms with Crippen molar-refractivity contribution in [3.05, 3.63) is 16.1 Å². The topological polar surface area (TPSA) is 77.2 Å². The van der Waals surface area contributed by atoms with E-state index in [0.717, 1.165) is 17.8 Å². The smallest absolute Gasteiger partial charge is 0.270 e. The van der Waals surface area contributed by atoms with E-state index >= 15 is 0 Å². The number of amides is 1. The van der Waals surface area contributed by atoms with E-state index in [1.165, 1.54) is 11.3 Å². The van der Waals surface area contributed by atoms with Crippen LogP contribution in [0.5, 0.6) is 0 Å². The highest BCUT2D eigenvalue weighted by Gasteiger charge is 2.15. The highest BCUT2D eigenvalue weighted by Crippen LogP contribution is 2.11. The second-order valence-electron chi connectivity index (χ2n) is 4.95. The summed E-state index contributed by atoms with van der Waals surface area (Å²) in [5.41, 5.74) is 5.95. The van der Waals surface area contributed by atoms with Gasteiger partial charge in [-0.1, -0.05) is 13.8 Å². The van der Waals surface area contributed by atoms with E-state index in [0.29, 0.717) is 31.3 Å². The van der Waals surface area contributed by atoms with Gasteiger partial charge in [0.1, 0.15) is 5.69 Å². The summed E-state index contributed by atoms with van der Waals surface area (Å²) in [5, 5.41) is 5.58. The first-order valence-corrected chi connectivity index (χ1v) is 8.00. The van der Waals surface area contributed by atoms with Gasteiger partial charge in [0.15, 0.2) is 0 Å². The van der Waals surface area contributed by atoms with Crippen molar-refractivity contribution >= 4 is 29.7 Å². The van der Waals surface area contributed by atoms with Crippen LogP contribution in [0.2, 0.25) is 0 Å². The molecule has 1 amide bonds. The van der Waals surface area contributed by atoms with Crippen LogP contribution in [-0.2, 0) is 11.2 Å². The third kappa shape index (κ3) is 7.22. The fourth-order valence-electron chi connectivity index (χ4n) is 1.90. The SMILES string of the molecule is CCOC(CCNC(=O)c1csc(CCN)n1)C(C)C.Cl. The van der Waals surface area contributed by atoms with Crippen molar-refractivity contribution in [2.24, 2.45) is 11.7 Å². The minimum atomic E-state index is -0.122. The molecule has 0 radical (unpaired) electrons. The van der Waals surface area contributed by atoms with Crippen molar-refractivity contribution in [1.29, 1.82) is 0 Å². The maximum Gasteiger partial charge on any atom is 0.270 e. The molecule has 0 fully saturated rings. The lowest BCUT2D eigenvalue weighted by atomic mass is 10.0. The van der Waals surface area contributed by atoms with Gasteiger partial charge in [0.05, 0.1) is 11.1 Å². The Morgan fingerprint density at radius 2 is 2.24 bits per heavy atom. The number of thiazole rings is 1. The van der Waals surface area contributed by atoms with Crippen molar-refractivity contribution < 1.29 is 9.53 Å². The first-order valence-electron chi connectivity index (χ1n) is 7.12. The lowest BCUT2D eigenvalue weighted by molar-refractivity contribution is 0.0251. The number of ether oxygens (including phenoxy) is 1. The van der Waals surface area contributed by atoms with Crippen LogP contribution in [0.1, 0.15) is 42.7 Å². The Balaban J connectivity index is 0.00000400. The summed E-state index contributed by atoms with van der Waals surface area (Å²) in [6, 6.07) is 0. The van der Waals surface area contributed by atoms with E-state index in [1.54, 1.807) is 5.38 Å². The third-order valence-corrected chi connectivity index (χ3v) is 3.89. The quantitative estimate of drug-likeness (QED) is 0.725. The van der Waals surface area contributed by atoms with E-state index < -0.39 is 0 Å². The molecule has 1 rings (SSSR count). The summed E-state index contributed by atoms with van der Waals surface area (Å²) < 4.78 is 5.65. The number of halogens is 1. The molecule has 0 saturated carbocycles. The largest absolute Gasteiger partial charge is 0.378 e. The molecule has 0 aliphatic heterocycles. The summed E-state index contributed by atoms with van der Waals surface area (Å²) in [4.78, 5) is 16.2. The van der Waals surface area contributed by atoms with Gasteiger partial charge in [0, 0.05) is 25.0 Å². The summed E-state index contributed by atoms with van der Waals surface area (Å²) in [6.07, 6.45) is 1.72. The molecule has 1 aromatic heterocycles. The fourth-order valence-corrected chi connectivity index (χ4v) is 2.69. The predicted molar refractivity (Wildman–Crippen MR) is 89.3 cm³/mol. The van der Waals surface area contributed by atoms with Gasteiger partial charge in [-0.2, -0.15) is 0 Å². The Morgan fingerprint density at radius 1 is 1.52 bits per heavy atom. The number of carbonyl (C=O) groups excluding carboxylic acids is 1. The maximum absolute atomic E-state index is 11.9. The predicted octanol–water partition coefficient (Wildman–Crippen LogP) is 2.25. The zero-order chi connectivity index (χ0) is 15.0. The van der Waals surface area contributed by atoms with Gasteiger partial charge in [-0.3, -0.25) is 4.79 Å². The zero-order valence-corrected chi connectivity index (χ0v) is 14.6.